The van der Waals surface area contributed by atoms with Gasteiger partial charge >= 0.3 is 0 Å². The molecule has 0 amide bonds. The van der Waals surface area contributed by atoms with Gasteiger partial charge in [0.15, 0.2) is 0 Å². The van der Waals surface area contributed by atoms with Gasteiger partial charge in [0.2, 0.25) is 5.13 Å². The highest BCUT2D eigenvalue weighted by molar-refractivity contribution is 7.13. The molecule has 2 fully saturated rings. The summed E-state index contributed by atoms with van der Waals surface area (Å²) in [5, 5.41) is 27.1. The quantitative estimate of drug-likeness (QED) is 0.806. The molecule has 1 saturated heterocycles. The van der Waals surface area contributed by atoms with Crippen molar-refractivity contribution in [3.63, 3.8) is 0 Å². The van der Waals surface area contributed by atoms with Crippen LogP contribution in [0, 0.1) is 0 Å². The van der Waals surface area contributed by atoms with E-state index in [1.54, 1.807) is 11.6 Å². The van der Waals surface area contributed by atoms with E-state index in [1.807, 2.05) is 6.07 Å². The maximum Gasteiger partial charge on any atom is 0.267 e. The predicted octanol–water partition coefficient (Wildman–Crippen LogP) is 2.04. The van der Waals surface area contributed by atoms with Gasteiger partial charge in [-0.25, -0.2) is 4.68 Å². The van der Waals surface area contributed by atoms with Crippen molar-refractivity contribution < 1.29 is 5.11 Å². The lowest BCUT2D eigenvalue weighted by Gasteiger charge is -2.37. The average molecular weight is 391 g/mol. The van der Waals surface area contributed by atoms with Gasteiger partial charge in [-0.05, 0) is 38.2 Å². The van der Waals surface area contributed by atoms with Crippen molar-refractivity contribution in [3.05, 3.63) is 28.0 Å². The Morgan fingerprint density at radius 1 is 1.19 bits per heavy atom. The van der Waals surface area contributed by atoms with Crippen molar-refractivity contribution in [1.29, 1.82) is 0 Å². The molecule has 1 aliphatic heterocycles. The lowest BCUT2D eigenvalue weighted by molar-refractivity contribution is 0.0669. The van der Waals surface area contributed by atoms with Gasteiger partial charge in [0.1, 0.15) is 11.3 Å². The van der Waals surface area contributed by atoms with E-state index in [0.29, 0.717) is 0 Å². The number of rotatable bonds is 5. The monoisotopic (exact) mass is 390 g/mol. The molecule has 3 unspecified atom stereocenters. The molecule has 0 spiro atoms. The van der Waals surface area contributed by atoms with Crippen LogP contribution in [-0.4, -0.2) is 50.3 Å². The van der Waals surface area contributed by atoms with Crippen molar-refractivity contribution in [2.45, 2.75) is 63.1 Å². The Balaban J connectivity index is 1.54. The minimum absolute atomic E-state index is 0.134. The van der Waals surface area contributed by atoms with Gasteiger partial charge < -0.3 is 15.3 Å². The highest BCUT2D eigenvalue weighted by atomic mass is 32.1. The first kappa shape index (κ1) is 18.4. The second-order valence-electron chi connectivity index (χ2n) is 7.36. The average Bonchev–Trinajstić information content (AvgIpc) is 3.21. The zero-order chi connectivity index (χ0) is 18.6. The molecule has 0 bridgehead atoms. The topological polar surface area (TPSA) is 96.2 Å². The summed E-state index contributed by atoms with van der Waals surface area (Å²) in [5.41, 5.74) is 1.58. The summed E-state index contributed by atoms with van der Waals surface area (Å²) < 4.78 is 1.52. The minimum atomic E-state index is -0.490. The van der Waals surface area contributed by atoms with E-state index < -0.39 is 6.10 Å². The van der Waals surface area contributed by atoms with E-state index in [-0.39, 0.29) is 17.6 Å². The van der Waals surface area contributed by atoms with Crippen LogP contribution in [-0.2, 0) is 0 Å². The molecule has 3 heterocycles. The SMILES string of the molecule is O=c1ccc(N2CCCCC2CNc2nncs2)nn1C1CCCCC1O. The number of hydrogen-bond acceptors (Lipinski definition) is 8. The predicted molar refractivity (Wildman–Crippen MR) is 105 cm³/mol. The number of nitrogens with zero attached hydrogens (tertiary/aromatic N) is 5. The molecule has 4 rings (SSSR count). The van der Waals surface area contributed by atoms with E-state index in [2.05, 4.69) is 25.5 Å². The van der Waals surface area contributed by atoms with E-state index in [0.717, 1.165) is 62.6 Å². The van der Waals surface area contributed by atoms with E-state index >= 15 is 0 Å². The van der Waals surface area contributed by atoms with E-state index in [4.69, 9.17) is 0 Å². The van der Waals surface area contributed by atoms with Gasteiger partial charge in [-0.15, -0.1) is 10.2 Å². The summed E-state index contributed by atoms with van der Waals surface area (Å²) in [7, 11) is 0. The second kappa shape index (κ2) is 8.35. The normalized spacial score (nSPS) is 26.1. The third-order valence-corrected chi connectivity index (χ3v) is 6.24. The number of piperidine rings is 1. The van der Waals surface area contributed by atoms with Gasteiger partial charge in [0.05, 0.1) is 12.1 Å². The first-order valence-corrected chi connectivity index (χ1v) is 10.6. The van der Waals surface area contributed by atoms with Crippen molar-refractivity contribution in [2.24, 2.45) is 0 Å². The van der Waals surface area contributed by atoms with Crippen LogP contribution in [0.5, 0.6) is 0 Å². The van der Waals surface area contributed by atoms with Crippen molar-refractivity contribution in [1.82, 2.24) is 20.0 Å². The standard InChI is InChI=1S/C18H26N6O2S/c25-15-7-2-1-6-14(15)24-17(26)9-8-16(22-24)23-10-4-3-5-13(23)11-19-18-21-20-12-27-18/h8-9,12-15,25H,1-7,10-11H2,(H,19,21). The molecule has 1 aliphatic carbocycles. The number of aliphatic hydroxyl groups excluding tert-OH is 1. The zero-order valence-electron chi connectivity index (χ0n) is 15.3. The molecular formula is C18H26N6O2S. The number of anilines is 2. The third kappa shape index (κ3) is 4.14. The zero-order valence-corrected chi connectivity index (χ0v) is 16.1. The Kier molecular flexibility index (Phi) is 5.68. The van der Waals surface area contributed by atoms with Crippen LogP contribution in [0.3, 0.4) is 0 Å². The highest BCUT2D eigenvalue weighted by Gasteiger charge is 2.28. The molecule has 146 valence electrons. The Bertz CT molecular complexity index is 795. The molecule has 2 N–H and O–H groups in total. The number of aromatic nitrogens is 4. The summed E-state index contributed by atoms with van der Waals surface area (Å²) in [5.74, 6) is 0.816. The Morgan fingerprint density at radius 2 is 2.04 bits per heavy atom. The summed E-state index contributed by atoms with van der Waals surface area (Å²) in [6.45, 7) is 1.68. The molecule has 9 heteroatoms. The van der Waals surface area contributed by atoms with Crippen LogP contribution in [0.25, 0.3) is 0 Å². The maximum atomic E-state index is 12.4. The van der Waals surface area contributed by atoms with Gasteiger partial charge in [-0.2, -0.15) is 5.10 Å². The van der Waals surface area contributed by atoms with Gasteiger partial charge in [0.25, 0.3) is 5.56 Å². The molecule has 27 heavy (non-hydrogen) atoms. The fraction of sp³-hybridized carbons (Fsp3) is 0.667. The van der Waals surface area contributed by atoms with Gasteiger partial charge in [-0.1, -0.05) is 24.2 Å². The molecule has 0 radical (unpaired) electrons. The molecule has 0 aromatic carbocycles. The minimum Gasteiger partial charge on any atom is -0.391 e. The van der Waals surface area contributed by atoms with Gasteiger partial charge in [-0.3, -0.25) is 4.79 Å². The maximum absolute atomic E-state index is 12.4. The molecule has 2 aromatic heterocycles. The van der Waals surface area contributed by atoms with Crippen molar-refractivity contribution in [2.75, 3.05) is 23.3 Å². The summed E-state index contributed by atoms with van der Waals surface area (Å²) >= 11 is 1.49. The molecule has 1 saturated carbocycles. The Morgan fingerprint density at radius 3 is 2.85 bits per heavy atom. The lowest BCUT2D eigenvalue weighted by Crippen LogP contribution is -2.45. The summed E-state index contributed by atoms with van der Waals surface area (Å²) in [4.78, 5) is 14.7. The third-order valence-electron chi connectivity index (χ3n) is 5.59. The van der Waals surface area contributed by atoms with Crippen LogP contribution < -0.4 is 15.8 Å². The Hall–Kier alpha value is -2.00. The smallest absolute Gasteiger partial charge is 0.267 e. The first-order valence-electron chi connectivity index (χ1n) is 9.77. The van der Waals surface area contributed by atoms with Crippen LogP contribution in [0.15, 0.2) is 22.4 Å². The number of nitrogens with one attached hydrogen (secondary N) is 1. The molecule has 2 aromatic rings. The summed E-state index contributed by atoms with van der Waals surface area (Å²) in [6, 6.07) is 3.48. The highest BCUT2D eigenvalue weighted by Crippen LogP contribution is 2.28. The van der Waals surface area contributed by atoms with Crippen molar-refractivity contribution in [3.8, 4) is 0 Å². The van der Waals surface area contributed by atoms with Crippen LogP contribution >= 0.6 is 11.3 Å². The van der Waals surface area contributed by atoms with Crippen LogP contribution in [0.2, 0.25) is 0 Å². The second-order valence-corrected chi connectivity index (χ2v) is 8.19. The fourth-order valence-corrected chi connectivity index (χ4v) is 4.61. The van der Waals surface area contributed by atoms with Gasteiger partial charge in [0, 0.05) is 25.2 Å². The van der Waals surface area contributed by atoms with E-state index in [9.17, 15) is 9.90 Å². The van der Waals surface area contributed by atoms with Crippen molar-refractivity contribution >= 4 is 22.3 Å². The van der Waals surface area contributed by atoms with Crippen LogP contribution in [0.4, 0.5) is 10.9 Å². The number of hydrogen-bond donors (Lipinski definition) is 2. The van der Waals surface area contributed by atoms with E-state index in [1.165, 1.54) is 22.4 Å². The fourth-order valence-electron chi connectivity index (χ4n) is 4.15. The molecular weight excluding hydrogens is 364 g/mol. The number of aliphatic hydroxyl groups is 1. The molecule has 2 aliphatic rings. The summed E-state index contributed by atoms with van der Waals surface area (Å²) in [6.07, 6.45) is 6.45. The molecule has 3 atom stereocenters. The largest absolute Gasteiger partial charge is 0.391 e. The molecule has 8 nitrogen and oxygen atoms in total. The Labute approximate surface area is 162 Å². The lowest BCUT2D eigenvalue weighted by atomic mass is 9.93. The first-order chi connectivity index (χ1) is 13.2. The van der Waals surface area contributed by atoms with Crippen LogP contribution in [0.1, 0.15) is 51.0 Å².